The first-order chi connectivity index (χ1) is 9.19. The second-order valence-electron chi connectivity index (χ2n) is 3.71. The molecular weight excluding hydrogens is 264 g/mol. The fraction of sp³-hybridized carbons (Fsp3) is 0.0714. The quantitative estimate of drug-likeness (QED) is 0.637. The highest BCUT2D eigenvalue weighted by Gasteiger charge is 2.05. The molecule has 0 saturated heterocycles. The Morgan fingerprint density at radius 1 is 1.37 bits per heavy atom. The van der Waals surface area contributed by atoms with Crippen LogP contribution in [0.4, 0.5) is 5.69 Å². The molecule has 2 aromatic rings. The Morgan fingerprint density at radius 3 is 2.84 bits per heavy atom. The summed E-state index contributed by atoms with van der Waals surface area (Å²) in [6.07, 6.45) is 3.19. The topological polar surface area (TPSA) is 51.5 Å². The smallest absolute Gasteiger partial charge is 0.356 e. The van der Waals surface area contributed by atoms with E-state index in [-0.39, 0.29) is 5.69 Å². The van der Waals surface area contributed by atoms with Crippen LogP contribution in [-0.4, -0.2) is 24.3 Å². The van der Waals surface area contributed by atoms with Gasteiger partial charge in [-0.2, -0.15) is 0 Å². The van der Waals surface area contributed by atoms with E-state index in [1.165, 1.54) is 13.3 Å². The van der Waals surface area contributed by atoms with Crippen molar-refractivity contribution in [2.75, 3.05) is 7.11 Å². The minimum Gasteiger partial charge on any atom is -0.464 e. The number of hydrogen-bond acceptors (Lipinski definition) is 4. The van der Waals surface area contributed by atoms with Crippen molar-refractivity contribution in [3.8, 4) is 0 Å². The van der Waals surface area contributed by atoms with Crippen LogP contribution in [0.15, 0.2) is 47.6 Å². The molecule has 0 N–H and O–H groups in total. The molecular formula is C14H11ClN2O2. The average Bonchev–Trinajstić information content (AvgIpc) is 2.45. The molecule has 1 aromatic heterocycles. The highest BCUT2D eigenvalue weighted by atomic mass is 35.5. The molecule has 2 rings (SSSR count). The summed E-state index contributed by atoms with van der Waals surface area (Å²) < 4.78 is 4.56. The van der Waals surface area contributed by atoms with Crippen molar-refractivity contribution in [3.05, 3.63) is 58.9 Å². The van der Waals surface area contributed by atoms with Gasteiger partial charge in [0.15, 0.2) is 0 Å². The van der Waals surface area contributed by atoms with Crippen molar-refractivity contribution >= 4 is 29.5 Å². The summed E-state index contributed by atoms with van der Waals surface area (Å²) in [4.78, 5) is 19.4. The molecule has 1 aromatic carbocycles. The largest absolute Gasteiger partial charge is 0.464 e. The number of nitrogens with zero attached hydrogens (tertiary/aromatic N) is 2. The highest BCUT2D eigenvalue weighted by Crippen LogP contribution is 2.13. The van der Waals surface area contributed by atoms with Gasteiger partial charge in [0.25, 0.3) is 0 Å². The Bertz CT molecular complexity index is 609. The van der Waals surface area contributed by atoms with Crippen LogP contribution in [-0.2, 0) is 4.74 Å². The standard InChI is InChI=1S/C14H11ClN2O2/c1-19-14(18)13-6-5-12(9-17-13)16-8-10-3-2-4-11(15)7-10/h2-9H,1H3/b16-8+. The Morgan fingerprint density at radius 2 is 2.21 bits per heavy atom. The number of halogens is 1. The molecule has 96 valence electrons. The zero-order chi connectivity index (χ0) is 13.7. The van der Waals surface area contributed by atoms with Gasteiger partial charge in [-0.3, -0.25) is 4.99 Å². The number of benzene rings is 1. The van der Waals surface area contributed by atoms with Gasteiger partial charge in [-0.05, 0) is 29.8 Å². The van der Waals surface area contributed by atoms with Gasteiger partial charge in [0.1, 0.15) is 5.69 Å². The fourth-order valence-electron chi connectivity index (χ4n) is 1.42. The number of aromatic nitrogens is 1. The Labute approximate surface area is 115 Å². The number of carbonyl (C=O) groups excluding carboxylic acids is 1. The van der Waals surface area contributed by atoms with Gasteiger partial charge in [0.05, 0.1) is 19.0 Å². The normalized spacial score (nSPS) is 10.6. The van der Waals surface area contributed by atoms with Crippen LogP contribution in [0, 0.1) is 0 Å². The minimum atomic E-state index is -0.467. The van der Waals surface area contributed by atoms with Gasteiger partial charge >= 0.3 is 5.97 Å². The maximum absolute atomic E-state index is 11.2. The molecule has 0 fully saturated rings. The second-order valence-corrected chi connectivity index (χ2v) is 4.14. The summed E-state index contributed by atoms with van der Waals surface area (Å²) in [5.41, 5.74) is 1.79. The van der Waals surface area contributed by atoms with E-state index in [1.54, 1.807) is 30.5 Å². The van der Waals surface area contributed by atoms with Gasteiger partial charge in [0, 0.05) is 11.2 Å². The molecule has 0 spiro atoms. The van der Waals surface area contributed by atoms with E-state index in [2.05, 4.69) is 14.7 Å². The molecule has 5 heteroatoms. The molecule has 0 aliphatic carbocycles. The van der Waals surface area contributed by atoms with Gasteiger partial charge in [-0.15, -0.1) is 0 Å². The number of carbonyl (C=O) groups is 1. The maximum atomic E-state index is 11.2. The molecule has 1 heterocycles. The Balaban J connectivity index is 2.13. The van der Waals surface area contributed by atoms with Crippen molar-refractivity contribution < 1.29 is 9.53 Å². The number of methoxy groups -OCH3 is 1. The number of hydrogen-bond donors (Lipinski definition) is 0. The summed E-state index contributed by atoms with van der Waals surface area (Å²) in [5, 5.41) is 0.656. The van der Waals surface area contributed by atoms with Crippen molar-refractivity contribution in [2.24, 2.45) is 4.99 Å². The van der Waals surface area contributed by atoms with Crippen molar-refractivity contribution in [3.63, 3.8) is 0 Å². The third-order valence-electron chi connectivity index (χ3n) is 2.35. The first-order valence-corrected chi connectivity index (χ1v) is 5.91. The molecule has 0 saturated carbocycles. The van der Waals surface area contributed by atoms with Gasteiger partial charge in [-0.25, -0.2) is 9.78 Å². The van der Waals surface area contributed by atoms with E-state index in [4.69, 9.17) is 11.6 Å². The third kappa shape index (κ3) is 3.63. The van der Waals surface area contributed by atoms with Crippen LogP contribution in [0.3, 0.4) is 0 Å². The summed E-state index contributed by atoms with van der Waals surface area (Å²) in [6, 6.07) is 10.6. The van der Waals surface area contributed by atoms with Crippen LogP contribution in [0.5, 0.6) is 0 Å². The number of esters is 1. The van der Waals surface area contributed by atoms with Gasteiger partial charge < -0.3 is 4.74 Å². The average molecular weight is 275 g/mol. The summed E-state index contributed by atoms with van der Waals surface area (Å²) >= 11 is 5.87. The van der Waals surface area contributed by atoms with Crippen molar-refractivity contribution in [2.45, 2.75) is 0 Å². The summed E-state index contributed by atoms with van der Waals surface area (Å²) in [5.74, 6) is -0.467. The van der Waals surface area contributed by atoms with E-state index in [9.17, 15) is 4.79 Å². The van der Waals surface area contributed by atoms with Crippen molar-refractivity contribution in [1.82, 2.24) is 4.98 Å². The van der Waals surface area contributed by atoms with E-state index in [0.717, 1.165) is 5.56 Å². The van der Waals surface area contributed by atoms with Crippen LogP contribution < -0.4 is 0 Å². The SMILES string of the molecule is COC(=O)c1ccc(/N=C/c2cccc(Cl)c2)cn1. The molecule has 0 aliphatic rings. The highest BCUT2D eigenvalue weighted by molar-refractivity contribution is 6.30. The predicted molar refractivity (Wildman–Crippen MR) is 74.3 cm³/mol. The zero-order valence-corrected chi connectivity index (χ0v) is 11.0. The first kappa shape index (κ1) is 13.2. The zero-order valence-electron chi connectivity index (χ0n) is 10.2. The van der Waals surface area contributed by atoms with Crippen LogP contribution >= 0.6 is 11.6 Å². The third-order valence-corrected chi connectivity index (χ3v) is 2.59. The van der Waals surface area contributed by atoms with E-state index >= 15 is 0 Å². The molecule has 0 unspecified atom stereocenters. The Kier molecular flexibility index (Phi) is 4.26. The Hall–Kier alpha value is -2.20. The molecule has 0 atom stereocenters. The predicted octanol–water partition coefficient (Wildman–Crippen LogP) is 3.27. The van der Waals surface area contributed by atoms with E-state index < -0.39 is 5.97 Å². The van der Waals surface area contributed by atoms with E-state index in [0.29, 0.717) is 10.7 Å². The van der Waals surface area contributed by atoms with Crippen LogP contribution in [0.2, 0.25) is 5.02 Å². The minimum absolute atomic E-state index is 0.254. The lowest BCUT2D eigenvalue weighted by molar-refractivity contribution is 0.0594. The number of ether oxygens (including phenoxy) is 1. The second kappa shape index (κ2) is 6.11. The first-order valence-electron chi connectivity index (χ1n) is 5.53. The molecule has 0 radical (unpaired) electrons. The summed E-state index contributed by atoms with van der Waals surface area (Å²) in [7, 11) is 1.31. The molecule has 0 aliphatic heterocycles. The number of pyridine rings is 1. The van der Waals surface area contributed by atoms with Crippen LogP contribution in [0.25, 0.3) is 0 Å². The van der Waals surface area contributed by atoms with Crippen molar-refractivity contribution in [1.29, 1.82) is 0 Å². The maximum Gasteiger partial charge on any atom is 0.356 e. The molecule has 0 bridgehead atoms. The fourth-order valence-corrected chi connectivity index (χ4v) is 1.62. The molecule has 19 heavy (non-hydrogen) atoms. The molecule has 4 nitrogen and oxygen atoms in total. The van der Waals surface area contributed by atoms with Gasteiger partial charge in [0.2, 0.25) is 0 Å². The monoisotopic (exact) mass is 274 g/mol. The van der Waals surface area contributed by atoms with Gasteiger partial charge in [-0.1, -0.05) is 23.7 Å². The lowest BCUT2D eigenvalue weighted by Crippen LogP contribution is -2.02. The van der Waals surface area contributed by atoms with E-state index in [1.807, 2.05) is 12.1 Å². The number of rotatable bonds is 3. The lowest BCUT2D eigenvalue weighted by atomic mass is 10.2. The lowest BCUT2D eigenvalue weighted by Gasteiger charge is -1.98. The molecule has 0 amide bonds. The summed E-state index contributed by atoms with van der Waals surface area (Å²) in [6.45, 7) is 0. The number of aliphatic imine (C=N–C) groups is 1. The van der Waals surface area contributed by atoms with Crippen LogP contribution in [0.1, 0.15) is 16.1 Å².